The molecule has 1 aromatic rings. The van der Waals surface area contributed by atoms with E-state index in [4.69, 9.17) is 11.6 Å². The maximum absolute atomic E-state index is 12.1. The highest BCUT2D eigenvalue weighted by atomic mass is 35.5. The Bertz CT molecular complexity index is 332. The summed E-state index contributed by atoms with van der Waals surface area (Å²) in [6.07, 6.45) is 1.80. The van der Waals surface area contributed by atoms with E-state index in [0.717, 1.165) is 12.4 Å². The smallest absolute Gasteiger partial charge is 0.232 e. The van der Waals surface area contributed by atoms with Gasteiger partial charge in [-0.25, -0.2) is 9.97 Å². The number of rotatable bonds is 3. The quantitative estimate of drug-likeness (QED) is 0.754. The van der Waals surface area contributed by atoms with Crippen LogP contribution in [0.15, 0.2) is 18.5 Å². The summed E-state index contributed by atoms with van der Waals surface area (Å²) in [6, 6.07) is 0. The summed E-state index contributed by atoms with van der Waals surface area (Å²) >= 11 is 5.42. The van der Waals surface area contributed by atoms with Crippen molar-refractivity contribution < 1.29 is 13.2 Å². The average molecular weight is 237 g/mol. The standard InChI is InChI=1S/C9H8ClF3N2/c10-4-2-1-3-7-5-14-8(15-6-7)9(11,12)13/h1,3,5-6H,2,4H2. The van der Waals surface area contributed by atoms with Crippen LogP contribution in [0.2, 0.25) is 0 Å². The fraction of sp³-hybridized carbons (Fsp3) is 0.333. The Hall–Kier alpha value is -1.10. The van der Waals surface area contributed by atoms with Gasteiger partial charge < -0.3 is 0 Å². The van der Waals surface area contributed by atoms with Crippen LogP contribution in [0.25, 0.3) is 6.08 Å². The van der Waals surface area contributed by atoms with Gasteiger partial charge in [0, 0.05) is 23.8 Å². The van der Waals surface area contributed by atoms with Crippen LogP contribution in [-0.2, 0) is 6.18 Å². The Balaban J connectivity index is 2.73. The van der Waals surface area contributed by atoms with Crippen molar-refractivity contribution in [2.45, 2.75) is 12.6 Å². The van der Waals surface area contributed by atoms with Crippen molar-refractivity contribution in [2.24, 2.45) is 0 Å². The molecule has 0 aromatic carbocycles. The topological polar surface area (TPSA) is 25.8 Å². The molecule has 1 rings (SSSR count). The summed E-state index contributed by atoms with van der Waals surface area (Å²) in [5.74, 6) is -0.658. The van der Waals surface area contributed by atoms with E-state index < -0.39 is 12.0 Å². The largest absolute Gasteiger partial charge is 0.451 e. The fourth-order valence-corrected chi connectivity index (χ4v) is 0.979. The fourth-order valence-electron chi connectivity index (χ4n) is 0.853. The lowest BCUT2D eigenvalue weighted by molar-refractivity contribution is -0.145. The lowest BCUT2D eigenvalue weighted by atomic mass is 10.3. The number of hydrogen-bond acceptors (Lipinski definition) is 2. The molecule has 0 saturated carbocycles. The first-order valence-corrected chi connectivity index (χ1v) is 4.69. The molecule has 0 bridgehead atoms. The second kappa shape index (κ2) is 5.11. The van der Waals surface area contributed by atoms with Gasteiger partial charge in [-0.2, -0.15) is 13.2 Å². The Morgan fingerprint density at radius 2 is 1.87 bits per heavy atom. The highest BCUT2D eigenvalue weighted by Gasteiger charge is 2.34. The molecular formula is C9H8ClF3N2. The molecule has 0 atom stereocenters. The highest BCUT2D eigenvalue weighted by molar-refractivity contribution is 6.17. The Morgan fingerprint density at radius 1 is 1.27 bits per heavy atom. The van der Waals surface area contributed by atoms with E-state index in [1.54, 1.807) is 12.2 Å². The van der Waals surface area contributed by atoms with E-state index in [1.807, 2.05) is 0 Å². The molecular weight excluding hydrogens is 229 g/mol. The average Bonchev–Trinajstić information content (AvgIpc) is 2.18. The predicted molar refractivity (Wildman–Crippen MR) is 51.4 cm³/mol. The van der Waals surface area contributed by atoms with E-state index >= 15 is 0 Å². The molecule has 0 aliphatic carbocycles. The third-order valence-electron chi connectivity index (χ3n) is 1.51. The minimum absolute atomic E-state index is 0.470. The first-order chi connectivity index (χ1) is 7.04. The lowest BCUT2D eigenvalue weighted by Gasteiger charge is -2.03. The summed E-state index contributed by atoms with van der Waals surface area (Å²) in [5.41, 5.74) is 0.521. The molecule has 1 heterocycles. The van der Waals surface area contributed by atoms with Crippen LogP contribution in [0.5, 0.6) is 0 Å². The highest BCUT2D eigenvalue weighted by Crippen LogP contribution is 2.25. The number of halogens is 4. The second-order valence-corrected chi connectivity index (χ2v) is 3.10. The van der Waals surface area contributed by atoms with Crippen molar-refractivity contribution in [3.05, 3.63) is 29.9 Å². The van der Waals surface area contributed by atoms with Crippen LogP contribution in [0.1, 0.15) is 17.8 Å². The van der Waals surface area contributed by atoms with E-state index in [1.165, 1.54) is 0 Å². The maximum Gasteiger partial charge on any atom is 0.451 e. The zero-order chi connectivity index (χ0) is 11.3. The van der Waals surface area contributed by atoms with Gasteiger partial charge >= 0.3 is 6.18 Å². The number of allylic oxidation sites excluding steroid dienone is 1. The minimum atomic E-state index is -4.49. The number of nitrogens with zero attached hydrogens (tertiary/aromatic N) is 2. The first kappa shape index (κ1) is 12.0. The normalized spacial score (nSPS) is 12.3. The second-order valence-electron chi connectivity index (χ2n) is 2.72. The summed E-state index contributed by atoms with van der Waals surface area (Å²) in [5, 5.41) is 0. The molecule has 0 aliphatic heterocycles. The van der Waals surface area contributed by atoms with Crippen molar-refractivity contribution in [3.63, 3.8) is 0 Å². The molecule has 82 valence electrons. The number of alkyl halides is 4. The van der Waals surface area contributed by atoms with E-state index in [-0.39, 0.29) is 0 Å². The number of aromatic nitrogens is 2. The Morgan fingerprint density at radius 3 is 2.33 bits per heavy atom. The predicted octanol–water partition coefficient (Wildman–Crippen LogP) is 3.14. The maximum atomic E-state index is 12.1. The first-order valence-electron chi connectivity index (χ1n) is 4.16. The molecule has 1 aromatic heterocycles. The van der Waals surface area contributed by atoms with Gasteiger partial charge in [0.05, 0.1) is 0 Å². The van der Waals surface area contributed by atoms with Crippen LogP contribution in [0.3, 0.4) is 0 Å². The molecule has 0 radical (unpaired) electrons. The molecule has 0 aliphatic rings. The van der Waals surface area contributed by atoms with Crippen molar-refractivity contribution in [1.29, 1.82) is 0 Å². The van der Waals surface area contributed by atoms with Crippen LogP contribution in [-0.4, -0.2) is 15.8 Å². The Labute approximate surface area is 89.8 Å². The SMILES string of the molecule is FC(F)(F)c1ncc(C=CCCCl)cn1. The molecule has 15 heavy (non-hydrogen) atoms. The van der Waals surface area contributed by atoms with Crippen molar-refractivity contribution in [2.75, 3.05) is 5.88 Å². The zero-order valence-corrected chi connectivity index (χ0v) is 8.39. The van der Waals surface area contributed by atoms with E-state index in [2.05, 4.69) is 9.97 Å². The summed E-state index contributed by atoms with van der Waals surface area (Å²) < 4.78 is 36.2. The third-order valence-corrected chi connectivity index (χ3v) is 1.73. The van der Waals surface area contributed by atoms with Gasteiger partial charge in [0.1, 0.15) is 0 Å². The van der Waals surface area contributed by atoms with Crippen LogP contribution < -0.4 is 0 Å². The molecule has 0 amide bonds. The van der Waals surface area contributed by atoms with E-state index in [9.17, 15) is 13.2 Å². The Kier molecular flexibility index (Phi) is 4.08. The molecule has 0 spiro atoms. The van der Waals surface area contributed by atoms with Gasteiger partial charge in [-0.05, 0) is 6.42 Å². The third kappa shape index (κ3) is 3.87. The lowest BCUT2D eigenvalue weighted by Crippen LogP contribution is -2.10. The molecule has 0 saturated heterocycles. The molecule has 0 N–H and O–H groups in total. The minimum Gasteiger partial charge on any atom is -0.232 e. The zero-order valence-electron chi connectivity index (χ0n) is 7.63. The number of hydrogen-bond donors (Lipinski definition) is 0. The van der Waals surface area contributed by atoms with Gasteiger partial charge in [-0.15, -0.1) is 11.6 Å². The van der Waals surface area contributed by atoms with Crippen LogP contribution in [0, 0.1) is 0 Å². The van der Waals surface area contributed by atoms with Gasteiger partial charge in [-0.3, -0.25) is 0 Å². The van der Waals surface area contributed by atoms with Crippen molar-refractivity contribution >= 4 is 17.7 Å². The monoisotopic (exact) mass is 236 g/mol. The van der Waals surface area contributed by atoms with Gasteiger partial charge in [0.25, 0.3) is 0 Å². The summed E-state index contributed by atoms with van der Waals surface area (Å²) in [4.78, 5) is 6.42. The molecule has 0 fully saturated rings. The summed E-state index contributed by atoms with van der Waals surface area (Å²) in [7, 11) is 0. The van der Waals surface area contributed by atoms with Crippen LogP contribution in [0.4, 0.5) is 13.2 Å². The summed E-state index contributed by atoms with van der Waals surface area (Å²) in [6.45, 7) is 0. The molecule has 2 nitrogen and oxygen atoms in total. The van der Waals surface area contributed by atoms with Crippen molar-refractivity contribution in [3.8, 4) is 0 Å². The van der Waals surface area contributed by atoms with Gasteiger partial charge in [0.15, 0.2) is 0 Å². The van der Waals surface area contributed by atoms with Gasteiger partial charge in [-0.1, -0.05) is 12.2 Å². The van der Waals surface area contributed by atoms with Gasteiger partial charge in [0.2, 0.25) is 5.82 Å². The van der Waals surface area contributed by atoms with Crippen molar-refractivity contribution in [1.82, 2.24) is 9.97 Å². The van der Waals surface area contributed by atoms with E-state index in [0.29, 0.717) is 17.9 Å². The molecule has 0 unspecified atom stereocenters. The van der Waals surface area contributed by atoms with Crippen LogP contribution >= 0.6 is 11.6 Å². The molecule has 6 heteroatoms.